The number of halogens is 1. The van der Waals surface area contributed by atoms with Gasteiger partial charge in [-0.1, -0.05) is 11.6 Å². The third-order valence-corrected chi connectivity index (χ3v) is 6.34. The van der Waals surface area contributed by atoms with Crippen LogP contribution in [-0.4, -0.2) is 46.6 Å². The number of hydrogen-bond acceptors (Lipinski definition) is 5. The Kier molecular flexibility index (Phi) is 5.17. The SMILES string of the molecule is Cc1nn(C)cc1[C@H]1C[C@H](C(=O)Nc2cc(Cl)ccc2O)N(C)S(=O)(=O)N1. The van der Waals surface area contributed by atoms with Gasteiger partial charge in [-0.3, -0.25) is 9.48 Å². The summed E-state index contributed by atoms with van der Waals surface area (Å²) in [6.45, 7) is 1.78. The Bertz CT molecular complexity index is 991. The van der Waals surface area contributed by atoms with Crippen molar-refractivity contribution < 1.29 is 18.3 Å². The lowest BCUT2D eigenvalue weighted by Gasteiger charge is -2.36. The Balaban J connectivity index is 1.89. The van der Waals surface area contributed by atoms with Crippen LogP contribution in [0.3, 0.4) is 0 Å². The minimum atomic E-state index is -3.87. The molecule has 3 rings (SSSR count). The molecule has 9 nitrogen and oxygen atoms in total. The van der Waals surface area contributed by atoms with Crippen molar-refractivity contribution in [3.05, 3.63) is 40.7 Å². The van der Waals surface area contributed by atoms with Crippen LogP contribution in [0.15, 0.2) is 24.4 Å². The average molecular weight is 414 g/mol. The van der Waals surface area contributed by atoms with E-state index in [0.29, 0.717) is 16.3 Å². The van der Waals surface area contributed by atoms with Crippen molar-refractivity contribution in [1.29, 1.82) is 0 Å². The molecule has 0 radical (unpaired) electrons. The molecule has 0 bridgehead atoms. The quantitative estimate of drug-likeness (QED) is 0.656. The standard InChI is InChI=1S/C16H20ClN5O4S/c1-9-11(8-21(2)19-9)12-7-14(22(3)27(25,26)20-12)16(24)18-13-6-10(17)4-5-15(13)23/h4-6,8,12,14,20,23H,7H2,1-3H3,(H,18,24)/t12-,14-/m1/s1. The van der Waals surface area contributed by atoms with Gasteiger partial charge in [0.25, 0.3) is 10.2 Å². The van der Waals surface area contributed by atoms with Crippen LogP contribution in [0.2, 0.25) is 5.02 Å². The van der Waals surface area contributed by atoms with Gasteiger partial charge in [0.15, 0.2) is 0 Å². The number of amides is 1. The molecule has 1 saturated heterocycles. The third-order valence-electron chi connectivity index (χ3n) is 4.51. The Hall–Kier alpha value is -2.14. The predicted octanol–water partition coefficient (Wildman–Crippen LogP) is 1.31. The van der Waals surface area contributed by atoms with Gasteiger partial charge < -0.3 is 10.4 Å². The third kappa shape index (κ3) is 3.93. The molecule has 0 aliphatic carbocycles. The maximum Gasteiger partial charge on any atom is 0.280 e. The van der Waals surface area contributed by atoms with E-state index in [2.05, 4.69) is 15.1 Å². The maximum atomic E-state index is 12.8. The van der Waals surface area contributed by atoms with Crippen molar-refractivity contribution in [2.75, 3.05) is 12.4 Å². The summed E-state index contributed by atoms with van der Waals surface area (Å²) >= 11 is 5.90. The molecule has 11 heteroatoms. The summed E-state index contributed by atoms with van der Waals surface area (Å²) in [7, 11) is -0.802. The van der Waals surface area contributed by atoms with E-state index < -0.39 is 28.2 Å². The number of phenolic OH excluding ortho intramolecular Hbond substituents is 1. The highest BCUT2D eigenvalue weighted by atomic mass is 35.5. The molecule has 1 aliphatic rings. The molecule has 2 aromatic rings. The molecular formula is C16H20ClN5O4S. The van der Waals surface area contributed by atoms with E-state index in [1.54, 1.807) is 24.9 Å². The molecule has 1 aromatic heterocycles. The number of carbonyl (C=O) groups is 1. The van der Waals surface area contributed by atoms with Gasteiger partial charge in [-0.15, -0.1) is 0 Å². The average Bonchev–Trinajstić information content (AvgIpc) is 2.91. The monoisotopic (exact) mass is 413 g/mol. The fraction of sp³-hybridized carbons (Fsp3) is 0.375. The number of likely N-dealkylation sites (N-methyl/N-ethyl adjacent to an activating group) is 1. The first-order valence-corrected chi connectivity index (χ1v) is 9.95. The molecule has 3 N–H and O–H groups in total. The van der Waals surface area contributed by atoms with E-state index >= 15 is 0 Å². The van der Waals surface area contributed by atoms with Crippen molar-refractivity contribution in [1.82, 2.24) is 18.8 Å². The fourth-order valence-electron chi connectivity index (χ4n) is 3.10. The molecule has 0 spiro atoms. The summed E-state index contributed by atoms with van der Waals surface area (Å²) in [6.07, 6.45) is 1.93. The number of nitrogens with zero attached hydrogens (tertiary/aromatic N) is 3. The zero-order chi connectivity index (χ0) is 19.9. The number of aromatic hydroxyl groups is 1. The van der Waals surface area contributed by atoms with E-state index in [1.165, 1.54) is 25.2 Å². The van der Waals surface area contributed by atoms with Crippen molar-refractivity contribution >= 4 is 33.4 Å². The van der Waals surface area contributed by atoms with Crippen LogP contribution < -0.4 is 10.0 Å². The predicted molar refractivity (Wildman–Crippen MR) is 101 cm³/mol. The summed E-state index contributed by atoms with van der Waals surface area (Å²) in [4.78, 5) is 12.8. The molecule has 1 amide bonds. The molecule has 2 heterocycles. The minimum Gasteiger partial charge on any atom is -0.506 e. The zero-order valence-electron chi connectivity index (χ0n) is 15.0. The second-order valence-corrected chi connectivity index (χ2v) is 8.64. The molecule has 0 saturated carbocycles. The van der Waals surface area contributed by atoms with E-state index in [-0.39, 0.29) is 17.9 Å². The summed E-state index contributed by atoms with van der Waals surface area (Å²) in [5.41, 5.74) is 1.50. The van der Waals surface area contributed by atoms with Gasteiger partial charge in [0.05, 0.1) is 17.4 Å². The highest BCUT2D eigenvalue weighted by Gasteiger charge is 2.41. The number of anilines is 1. The van der Waals surface area contributed by atoms with Crippen LogP contribution in [0, 0.1) is 6.92 Å². The van der Waals surface area contributed by atoms with E-state index in [4.69, 9.17) is 11.6 Å². The van der Waals surface area contributed by atoms with Crippen LogP contribution in [-0.2, 0) is 22.1 Å². The summed E-state index contributed by atoms with van der Waals surface area (Å²) in [5.74, 6) is -0.724. The Labute approximate surface area is 162 Å². The zero-order valence-corrected chi connectivity index (χ0v) is 16.5. The van der Waals surface area contributed by atoms with Crippen LogP contribution in [0.5, 0.6) is 5.75 Å². The maximum absolute atomic E-state index is 12.8. The lowest BCUT2D eigenvalue weighted by molar-refractivity contribution is -0.120. The normalized spacial score (nSPS) is 22.5. The van der Waals surface area contributed by atoms with Gasteiger partial charge >= 0.3 is 0 Å². The van der Waals surface area contributed by atoms with Crippen molar-refractivity contribution in [2.45, 2.75) is 25.4 Å². The van der Waals surface area contributed by atoms with Crippen LogP contribution in [0.1, 0.15) is 23.7 Å². The molecule has 146 valence electrons. The number of aromatic nitrogens is 2. The number of aryl methyl sites for hydroxylation is 2. The number of hydrogen-bond donors (Lipinski definition) is 3. The summed E-state index contributed by atoms with van der Waals surface area (Å²) in [6, 6.07) is 2.66. The molecule has 0 unspecified atom stereocenters. The number of rotatable bonds is 3. The second kappa shape index (κ2) is 7.12. The number of benzene rings is 1. The molecule has 2 atom stereocenters. The molecule has 27 heavy (non-hydrogen) atoms. The lowest BCUT2D eigenvalue weighted by atomic mass is 10.00. The van der Waals surface area contributed by atoms with E-state index in [0.717, 1.165) is 4.31 Å². The van der Waals surface area contributed by atoms with Crippen molar-refractivity contribution in [3.8, 4) is 5.75 Å². The molecule has 1 aliphatic heterocycles. The van der Waals surface area contributed by atoms with Gasteiger partial charge in [0.1, 0.15) is 11.8 Å². The van der Waals surface area contributed by atoms with Gasteiger partial charge in [0, 0.05) is 30.9 Å². The minimum absolute atomic E-state index is 0.117. The molecule has 1 aromatic carbocycles. The van der Waals surface area contributed by atoms with Crippen LogP contribution in [0.4, 0.5) is 5.69 Å². The molecular weight excluding hydrogens is 394 g/mol. The first-order valence-electron chi connectivity index (χ1n) is 8.13. The van der Waals surface area contributed by atoms with E-state index in [9.17, 15) is 18.3 Å². The first kappa shape index (κ1) is 19.6. The number of nitrogens with one attached hydrogen (secondary N) is 2. The highest BCUT2D eigenvalue weighted by Crippen LogP contribution is 2.31. The lowest BCUT2D eigenvalue weighted by Crippen LogP contribution is -2.56. The van der Waals surface area contributed by atoms with Gasteiger partial charge in [-0.2, -0.15) is 22.5 Å². The first-order chi connectivity index (χ1) is 12.6. The van der Waals surface area contributed by atoms with Crippen LogP contribution in [0.25, 0.3) is 0 Å². The van der Waals surface area contributed by atoms with Gasteiger partial charge in [-0.05, 0) is 31.5 Å². The second-order valence-electron chi connectivity index (χ2n) is 6.44. The van der Waals surface area contributed by atoms with Crippen molar-refractivity contribution in [2.24, 2.45) is 7.05 Å². The Morgan fingerprint density at radius 2 is 2.11 bits per heavy atom. The van der Waals surface area contributed by atoms with Gasteiger partial charge in [0.2, 0.25) is 5.91 Å². The Morgan fingerprint density at radius 3 is 2.74 bits per heavy atom. The van der Waals surface area contributed by atoms with Crippen molar-refractivity contribution in [3.63, 3.8) is 0 Å². The smallest absolute Gasteiger partial charge is 0.280 e. The summed E-state index contributed by atoms with van der Waals surface area (Å²) < 4.78 is 30.2. The van der Waals surface area contributed by atoms with E-state index in [1.807, 2.05) is 0 Å². The number of phenols is 1. The topological polar surface area (TPSA) is 117 Å². The largest absolute Gasteiger partial charge is 0.506 e. The number of carbonyl (C=O) groups excluding carboxylic acids is 1. The van der Waals surface area contributed by atoms with Crippen LogP contribution >= 0.6 is 11.6 Å². The fourth-order valence-corrected chi connectivity index (χ4v) is 4.54. The summed E-state index contributed by atoms with van der Waals surface area (Å²) in [5, 5.41) is 17.0. The highest BCUT2D eigenvalue weighted by molar-refractivity contribution is 7.87. The molecule has 1 fully saturated rings. The van der Waals surface area contributed by atoms with Gasteiger partial charge in [-0.25, -0.2) is 0 Å². The Morgan fingerprint density at radius 1 is 1.41 bits per heavy atom.